The number of carbonyl (C=O) groups is 1. The van der Waals surface area contributed by atoms with Crippen molar-refractivity contribution >= 4 is 22.4 Å². The average Bonchev–Trinajstić information content (AvgIpc) is 3.25. The number of aromatic nitrogens is 2. The van der Waals surface area contributed by atoms with Crippen molar-refractivity contribution in [2.24, 2.45) is 0 Å². The summed E-state index contributed by atoms with van der Waals surface area (Å²) < 4.78 is 2.39. The van der Waals surface area contributed by atoms with Gasteiger partial charge in [-0.25, -0.2) is 4.98 Å². The molecule has 0 saturated carbocycles. The predicted octanol–water partition coefficient (Wildman–Crippen LogP) is 5.12. The van der Waals surface area contributed by atoms with Crippen LogP contribution >= 0.6 is 0 Å². The van der Waals surface area contributed by atoms with Crippen molar-refractivity contribution in [1.29, 1.82) is 0 Å². The minimum atomic E-state index is 0.172. The van der Waals surface area contributed by atoms with Gasteiger partial charge in [0.15, 0.2) is 0 Å². The summed E-state index contributed by atoms with van der Waals surface area (Å²) in [7, 11) is 0. The third-order valence-corrected chi connectivity index (χ3v) is 7.31. The molecule has 5 heteroatoms. The second-order valence-electron chi connectivity index (χ2n) is 9.13. The number of nitrogens with zero attached hydrogens (tertiary/aromatic N) is 4. The molecular weight excluding hydrogens is 408 g/mol. The lowest BCUT2D eigenvalue weighted by Crippen LogP contribution is -2.52. The zero-order valence-electron chi connectivity index (χ0n) is 18.9. The molecule has 0 aliphatic carbocycles. The van der Waals surface area contributed by atoms with Crippen molar-refractivity contribution in [3.63, 3.8) is 0 Å². The minimum absolute atomic E-state index is 0.172. The summed E-state index contributed by atoms with van der Waals surface area (Å²) in [4.78, 5) is 22.4. The van der Waals surface area contributed by atoms with Crippen LogP contribution in [0.1, 0.15) is 42.0 Å². The number of rotatable bonds is 3. The lowest BCUT2D eigenvalue weighted by atomic mass is 9.92. The fourth-order valence-electron chi connectivity index (χ4n) is 5.73. The molecule has 4 aromatic rings. The Balaban J connectivity index is 1.27. The fourth-order valence-corrected chi connectivity index (χ4v) is 5.73. The Labute approximate surface area is 194 Å². The van der Waals surface area contributed by atoms with Gasteiger partial charge in [0.25, 0.3) is 0 Å². The van der Waals surface area contributed by atoms with Crippen LogP contribution in [0.25, 0.3) is 10.8 Å². The maximum absolute atomic E-state index is 13.4. The third-order valence-electron chi connectivity index (χ3n) is 7.31. The van der Waals surface area contributed by atoms with Gasteiger partial charge in [-0.2, -0.15) is 0 Å². The zero-order chi connectivity index (χ0) is 22.4. The summed E-state index contributed by atoms with van der Waals surface area (Å²) in [5.41, 5.74) is 3.58. The van der Waals surface area contributed by atoms with Gasteiger partial charge in [0, 0.05) is 18.5 Å². The number of fused-ring (bicyclic) bond motifs is 2. The maximum Gasteiger partial charge on any atom is 0.241 e. The molecule has 6 rings (SSSR count). The Morgan fingerprint density at radius 3 is 2.45 bits per heavy atom. The molecule has 0 bridgehead atoms. The van der Waals surface area contributed by atoms with E-state index in [1.807, 2.05) is 29.3 Å². The quantitative estimate of drug-likeness (QED) is 0.448. The topological polar surface area (TPSA) is 41.4 Å². The van der Waals surface area contributed by atoms with Crippen molar-refractivity contribution in [3.05, 3.63) is 96.1 Å². The SMILES string of the molecule is Cc1ncc2n1C(c1ccccc1)CCC2N1CCN(c2cccc3ccccc23)C(=O)C1. The van der Waals surface area contributed by atoms with Gasteiger partial charge in [-0.3, -0.25) is 9.69 Å². The number of hydrogen-bond acceptors (Lipinski definition) is 3. The number of amides is 1. The fraction of sp³-hybridized carbons (Fsp3) is 0.286. The van der Waals surface area contributed by atoms with Crippen molar-refractivity contribution in [3.8, 4) is 0 Å². The third kappa shape index (κ3) is 3.44. The average molecular weight is 437 g/mol. The van der Waals surface area contributed by atoms with E-state index in [4.69, 9.17) is 0 Å². The number of aryl methyl sites for hydroxylation is 1. The van der Waals surface area contributed by atoms with Gasteiger partial charge in [-0.05, 0) is 36.8 Å². The Kier molecular flexibility index (Phi) is 4.99. The number of piperazine rings is 1. The number of imidazole rings is 1. The molecule has 2 aliphatic heterocycles. The van der Waals surface area contributed by atoms with Gasteiger partial charge >= 0.3 is 0 Å². The van der Waals surface area contributed by atoms with E-state index in [1.165, 1.54) is 16.6 Å². The van der Waals surface area contributed by atoms with Gasteiger partial charge in [-0.1, -0.05) is 66.7 Å². The summed E-state index contributed by atoms with van der Waals surface area (Å²) >= 11 is 0. The summed E-state index contributed by atoms with van der Waals surface area (Å²) in [5, 5.41) is 2.31. The first kappa shape index (κ1) is 20.2. The molecule has 1 fully saturated rings. The second-order valence-corrected chi connectivity index (χ2v) is 9.13. The molecule has 0 radical (unpaired) electrons. The van der Waals surface area contributed by atoms with Gasteiger partial charge in [0.05, 0.1) is 36.2 Å². The van der Waals surface area contributed by atoms with Crippen molar-refractivity contribution in [2.75, 3.05) is 24.5 Å². The summed E-state index contributed by atoms with van der Waals surface area (Å²) in [6, 6.07) is 25.8. The number of carbonyl (C=O) groups excluding carboxylic acids is 1. The van der Waals surface area contributed by atoms with Gasteiger partial charge < -0.3 is 9.47 Å². The summed E-state index contributed by atoms with van der Waals surface area (Å²) in [6.45, 7) is 4.10. The van der Waals surface area contributed by atoms with Crippen LogP contribution in [0.2, 0.25) is 0 Å². The number of anilines is 1. The molecule has 2 atom stereocenters. The van der Waals surface area contributed by atoms with Gasteiger partial charge in [0.2, 0.25) is 5.91 Å². The Hall–Kier alpha value is -3.44. The molecule has 5 nitrogen and oxygen atoms in total. The van der Waals surface area contributed by atoms with Crippen LogP contribution in [0, 0.1) is 6.92 Å². The zero-order valence-corrected chi connectivity index (χ0v) is 18.9. The Morgan fingerprint density at radius 2 is 1.61 bits per heavy atom. The Morgan fingerprint density at radius 1 is 0.848 bits per heavy atom. The van der Waals surface area contributed by atoms with E-state index < -0.39 is 0 Å². The van der Waals surface area contributed by atoms with Crippen molar-refractivity contribution in [2.45, 2.75) is 31.8 Å². The molecule has 2 unspecified atom stereocenters. The molecule has 1 saturated heterocycles. The van der Waals surface area contributed by atoms with Crippen LogP contribution in [0.4, 0.5) is 5.69 Å². The van der Waals surface area contributed by atoms with Crippen LogP contribution in [-0.4, -0.2) is 40.0 Å². The minimum Gasteiger partial charge on any atom is -0.323 e. The monoisotopic (exact) mass is 436 g/mol. The van der Waals surface area contributed by atoms with E-state index in [1.54, 1.807) is 0 Å². The summed E-state index contributed by atoms with van der Waals surface area (Å²) in [6.07, 6.45) is 4.11. The molecule has 0 spiro atoms. The number of benzene rings is 3. The molecule has 3 aromatic carbocycles. The lowest BCUT2D eigenvalue weighted by molar-refractivity contribution is -0.122. The summed E-state index contributed by atoms with van der Waals surface area (Å²) in [5.74, 6) is 1.22. The number of hydrogen-bond donors (Lipinski definition) is 0. The van der Waals surface area contributed by atoms with Crippen LogP contribution in [0.15, 0.2) is 79.0 Å². The second kappa shape index (κ2) is 8.16. The van der Waals surface area contributed by atoms with E-state index >= 15 is 0 Å². The van der Waals surface area contributed by atoms with Crippen LogP contribution in [-0.2, 0) is 4.79 Å². The van der Waals surface area contributed by atoms with E-state index in [2.05, 4.69) is 76.0 Å². The highest BCUT2D eigenvalue weighted by Gasteiger charge is 2.36. The van der Waals surface area contributed by atoms with E-state index in [-0.39, 0.29) is 11.9 Å². The van der Waals surface area contributed by atoms with E-state index in [9.17, 15) is 4.79 Å². The molecular formula is C28H28N4O. The lowest BCUT2D eigenvalue weighted by Gasteiger charge is -2.42. The first-order chi connectivity index (χ1) is 16.2. The first-order valence-corrected chi connectivity index (χ1v) is 11.8. The normalized spacial score (nSPS) is 21.4. The first-order valence-electron chi connectivity index (χ1n) is 11.8. The molecule has 166 valence electrons. The highest BCUT2D eigenvalue weighted by molar-refractivity contribution is 6.04. The molecule has 33 heavy (non-hydrogen) atoms. The standard InChI is InChI=1S/C28H28N4O/c1-20-29-18-27-26(15-14-24(32(20)27)22-9-3-2-4-10-22)30-16-17-31(28(33)19-30)25-13-7-11-21-8-5-6-12-23(21)25/h2-13,18,24,26H,14-17,19H2,1H3. The van der Waals surface area contributed by atoms with E-state index in [0.29, 0.717) is 19.1 Å². The van der Waals surface area contributed by atoms with E-state index in [0.717, 1.165) is 36.3 Å². The largest absolute Gasteiger partial charge is 0.323 e. The molecule has 0 N–H and O–H groups in total. The Bertz CT molecular complexity index is 1310. The highest BCUT2D eigenvalue weighted by Crippen LogP contribution is 2.40. The maximum atomic E-state index is 13.4. The van der Waals surface area contributed by atoms with Gasteiger partial charge in [0.1, 0.15) is 5.82 Å². The van der Waals surface area contributed by atoms with Crippen LogP contribution in [0.3, 0.4) is 0 Å². The molecule has 2 aliphatic rings. The molecule has 1 aromatic heterocycles. The van der Waals surface area contributed by atoms with Crippen molar-refractivity contribution < 1.29 is 4.79 Å². The molecule has 1 amide bonds. The van der Waals surface area contributed by atoms with Gasteiger partial charge in [-0.15, -0.1) is 0 Å². The van der Waals surface area contributed by atoms with Crippen LogP contribution < -0.4 is 4.90 Å². The van der Waals surface area contributed by atoms with Crippen LogP contribution in [0.5, 0.6) is 0 Å². The molecule has 3 heterocycles. The predicted molar refractivity (Wildman–Crippen MR) is 131 cm³/mol. The smallest absolute Gasteiger partial charge is 0.241 e. The highest BCUT2D eigenvalue weighted by atomic mass is 16.2. The van der Waals surface area contributed by atoms with Crippen molar-refractivity contribution in [1.82, 2.24) is 14.5 Å².